The van der Waals surface area contributed by atoms with Crippen LogP contribution in [0.3, 0.4) is 0 Å². The molecule has 1 aliphatic rings. The van der Waals surface area contributed by atoms with Gasteiger partial charge in [-0.1, -0.05) is 24.3 Å². The zero-order valence-corrected chi connectivity index (χ0v) is 15.8. The minimum absolute atomic E-state index is 0.0531. The summed E-state index contributed by atoms with van der Waals surface area (Å²) in [4.78, 5) is 15.8. The van der Waals surface area contributed by atoms with Gasteiger partial charge in [-0.05, 0) is 60.7 Å². The Hall–Kier alpha value is -2.79. The van der Waals surface area contributed by atoms with Crippen LogP contribution < -0.4 is 10.1 Å². The maximum atomic E-state index is 12.6. The Labute approximate surface area is 163 Å². The molecule has 0 saturated carbocycles. The smallest absolute Gasteiger partial charge is 0.261 e. The number of nitrogens with one attached hydrogen (secondary N) is 1. The molecule has 1 saturated heterocycles. The van der Waals surface area contributed by atoms with Gasteiger partial charge in [0.15, 0.2) is 6.61 Å². The Bertz CT molecular complexity index is 863. The molecule has 2 aromatic carbocycles. The molecule has 1 atom stereocenters. The number of nitrogens with zero attached hydrogens (tertiary/aromatic N) is 1. The van der Waals surface area contributed by atoms with E-state index in [1.54, 1.807) is 11.3 Å². The van der Waals surface area contributed by atoms with Gasteiger partial charge in [0.2, 0.25) is 0 Å². The zero-order chi connectivity index (χ0) is 18.5. The van der Waals surface area contributed by atoms with E-state index in [4.69, 9.17) is 4.74 Å². The Morgan fingerprint density at radius 3 is 2.56 bits per heavy atom. The van der Waals surface area contributed by atoms with Gasteiger partial charge in [0.1, 0.15) is 5.75 Å². The second-order valence-corrected chi connectivity index (χ2v) is 7.54. The van der Waals surface area contributed by atoms with Crippen LogP contribution in [0.1, 0.15) is 23.8 Å². The van der Waals surface area contributed by atoms with Gasteiger partial charge in [-0.3, -0.25) is 4.79 Å². The van der Waals surface area contributed by atoms with E-state index in [1.165, 1.54) is 4.88 Å². The van der Waals surface area contributed by atoms with E-state index in [2.05, 4.69) is 16.8 Å². The molecule has 5 heteroatoms. The van der Waals surface area contributed by atoms with E-state index in [1.807, 2.05) is 65.6 Å². The van der Waals surface area contributed by atoms with Gasteiger partial charge in [-0.25, -0.2) is 0 Å². The van der Waals surface area contributed by atoms with Crippen LogP contribution >= 0.6 is 11.3 Å². The summed E-state index contributed by atoms with van der Waals surface area (Å²) in [6.45, 7) is 0.887. The summed E-state index contributed by atoms with van der Waals surface area (Å²) >= 11 is 1.72. The first-order valence-electron chi connectivity index (χ1n) is 9.17. The highest BCUT2D eigenvalue weighted by Gasteiger charge is 2.30. The molecule has 138 valence electrons. The Morgan fingerprint density at radius 1 is 1.04 bits per heavy atom. The molecule has 0 aliphatic carbocycles. The molecule has 3 aromatic rings. The van der Waals surface area contributed by atoms with Crippen LogP contribution in [0, 0.1) is 0 Å². The summed E-state index contributed by atoms with van der Waals surface area (Å²) < 4.78 is 5.74. The van der Waals surface area contributed by atoms with Crippen LogP contribution in [-0.4, -0.2) is 24.0 Å². The van der Waals surface area contributed by atoms with Crippen LogP contribution in [0.25, 0.3) is 0 Å². The van der Waals surface area contributed by atoms with Crippen LogP contribution in [0.15, 0.2) is 72.1 Å². The summed E-state index contributed by atoms with van der Waals surface area (Å²) in [5.74, 6) is 0.756. The highest BCUT2D eigenvalue weighted by molar-refractivity contribution is 7.10. The number of amides is 1. The lowest BCUT2D eigenvalue weighted by Gasteiger charge is -2.24. The molecule has 1 amide bonds. The number of thiophene rings is 1. The lowest BCUT2D eigenvalue weighted by Crippen LogP contribution is -2.34. The molecule has 4 nitrogen and oxygen atoms in total. The number of ether oxygens (including phenoxy) is 1. The molecule has 1 aliphatic heterocycles. The topological polar surface area (TPSA) is 41.6 Å². The van der Waals surface area contributed by atoms with Crippen molar-refractivity contribution in [3.63, 3.8) is 0 Å². The minimum Gasteiger partial charge on any atom is -0.484 e. The molecular formula is C22H22N2O2S. The largest absolute Gasteiger partial charge is 0.484 e. The van der Waals surface area contributed by atoms with Crippen molar-refractivity contribution in [1.29, 1.82) is 0 Å². The van der Waals surface area contributed by atoms with E-state index in [-0.39, 0.29) is 18.6 Å². The number of carbonyl (C=O) groups excluding carboxylic acids is 1. The molecule has 1 aromatic heterocycles. The molecule has 4 rings (SSSR count). The zero-order valence-electron chi connectivity index (χ0n) is 15.0. The van der Waals surface area contributed by atoms with E-state index in [0.29, 0.717) is 5.75 Å². The van der Waals surface area contributed by atoms with Gasteiger partial charge >= 0.3 is 0 Å². The average molecular weight is 378 g/mol. The standard InChI is InChI=1S/C22H22N2O2S/c25-22(24-14-4-8-20(24)21-9-5-15-27-21)16-26-19-12-10-18(11-13-19)23-17-6-2-1-3-7-17/h1-3,5-7,9-13,15,20,23H,4,8,14,16H2/t20-/m0/s1. The van der Waals surface area contributed by atoms with Crippen LogP contribution in [0.2, 0.25) is 0 Å². The summed E-state index contributed by atoms with van der Waals surface area (Å²) in [6, 6.07) is 22.1. The highest BCUT2D eigenvalue weighted by Crippen LogP contribution is 2.34. The average Bonchev–Trinajstić information content (AvgIpc) is 3.39. The first kappa shape index (κ1) is 17.6. The van der Waals surface area contributed by atoms with Crippen molar-refractivity contribution in [2.45, 2.75) is 18.9 Å². The van der Waals surface area contributed by atoms with Crippen molar-refractivity contribution >= 4 is 28.6 Å². The molecule has 27 heavy (non-hydrogen) atoms. The summed E-state index contributed by atoms with van der Waals surface area (Å²) in [5.41, 5.74) is 2.02. The van der Waals surface area contributed by atoms with E-state index in [9.17, 15) is 4.79 Å². The van der Waals surface area contributed by atoms with Gasteiger partial charge < -0.3 is 15.0 Å². The molecule has 0 spiro atoms. The molecule has 1 N–H and O–H groups in total. The number of anilines is 2. The van der Waals surface area contributed by atoms with Crippen molar-refractivity contribution in [3.05, 3.63) is 77.0 Å². The van der Waals surface area contributed by atoms with Gasteiger partial charge in [-0.2, -0.15) is 0 Å². The maximum absolute atomic E-state index is 12.6. The molecule has 0 bridgehead atoms. The SMILES string of the molecule is O=C(COc1ccc(Nc2ccccc2)cc1)N1CCC[C@H]1c1cccs1. The first-order valence-corrected chi connectivity index (χ1v) is 10.1. The van der Waals surface area contributed by atoms with Crippen molar-refractivity contribution in [1.82, 2.24) is 4.90 Å². The fourth-order valence-corrected chi connectivity index (χ4v) is 4.27. The third-order valence-corrected chi connectivity index (χ3v) is 5.70. The summed E-state index contributed by atoms with van der Waals surface area (Å²) in [5, 5.41) is 5.40. The van der Waals surface area contributed by atoms with E-state index < -0.39 is 0 Å². The fourth-order valence-electron chi connectivity index (χ4n) is 3.39. The first-order chi connectivity index (χ1) is 13.3. The molecular weight excluding hydrogens is 356 g/mol. The van der Waals surface area contributed by atoms with E-state index >= 15 is 0 Å². The van der Waals surface area contributed by atoms with Gasteiger partial charge in [-0.15, -0.1) is 11.3 Å². The lowest BCUT2D eigenvalue weighted by atomic mass is 10.2. The molecule has 2 heterocycles. The fraction of sp³-hybridized carbons (Fsp3) is 0.227. The molecule has 1 fully saturated rings. The maximum Gasteiger partial charge on any atom is 0.261 e. The normalized spacial score (nSPS) is 16.3. The Morgan fingerprint density at radius 2 is 1.81 bits per heavy atom. The van der Waals surface area contributed by atoms with Crippen molar-refractivity contribution in [2.75, 3.05) is 18.5 Å². The third-order valence-electron chi connectivity index (χ3n) is 4.72. The number of hydrogen-bond acceptors (Lipinski definition) is 4. The second-order valence-electron chi connectivity index (χ2n) is 6.56. The predicted molar refractivity (Wildman–Crippen MR) is 110 cm³/mol. The van der Waals surface area contributed by atoms with Crippen molar-refractivity contribution in [3.8, 4) is 5.75 Å². The summed E-state index contributed by atoms with van der Waals surface area (Å²) in [6.07, 6.45) is 2.08. The number of rotatable bonds is 6. The lowest BCUT2D eigenvalue weighted by molar-refractivity contribution is -0.134. The van der Waals surface area contributed by atoms with Crippen LogP contribution in [-0.2, 0) is 4.79 Å². The Kier molecular flexibility index (Phi) is 5.39. The van der Waals surface area contributed by atoms with Gasteiger partial charge in [0.25, 0.3) is 5.91 Å². The Balaban J connectivity index is 1.32. The predicted octanol–water partition coefficient (Wildman–Crippen LogP) is 5.23. The number of benzene rings is 2. The molecule has 0 radical (unpaired) electrons. The summed E-state index contributed by atoms with van der Waals surface area (Å²) in [7, 11) is 0. The van der Waals surface area contributed by atoms with Gasteiger partial charge in [0, 0.05) is 22.8 Å². The number of likely N-dealkylation sites (tertiary alicyclic amines) is 1. The molecule has 0 unspecified atom stereocenters. The number of para-hydroxylation sites is 1. The van der Waals surface area contributed by atoms with Crippen LogP contribution in [0.5, 0.6) is 5.75 Å². The van der Waals surface area contributed by atoms with Crippen molar-refractivity contribution in [2.24, 2.45) is 0 Å². The number of hydrogen-bond donors (Lipinski definition) is 1. The van der Waals surface area contributed by atoms with E-state index in [0.717, 1.165) is 30.8 Å². The number of carbonyl (C=O) groups is 1. The quantitative estimate of drug-likeness (QED) is 0.638. The third kappa shape index (κ3) is 4.31. The monoisotopic (exact) mass is 378 g/mol. The second kappa shape index (κ2) is 8.27. The van der Waals surface area contributed by atoms with Gasteiger partial charge in [0.05, 0.1) is 6.04 Å². The van der Waals surface area contributed by atoms with Crippen molar-refractivity contribution < 1.29 is 9.53 Å². The highest BCUT2D eigenvalue weighted by atomic mass is 32.1. The minimum atomic E-state index is 0.0531. The van der Waals surface area contributed by atoms with Crippen LogP contribution in [0.4, 0.5) is 11.4 Å².